The number of nitrogens with zero attached hydrogens (tertiary/aromatic N) is 1. The number of carbonyl (C=O) groups is 1. The monoisotopic (exact) mass is 490 g/mol. The van der Waals surface area contributed by atoms with E-state index < -0.39 is 0 Å². The molecule has 1 N–H and O–H groups in total. The highest BCUT2D eigenvalue weighted by Crippen LogP contribution is 2.32. The van der Waals surface area contributed by atoms with Crippen molar-refractivity contribution >= 4 is 38.3 Å². The molecule has 4 rings (SSSR count). The van der Waals surface area contributed by atoms with Crippen molar-refractivity contribution in [1.29, 1.82) is 0 Å². The molecule has 0 saturated carbocycles. The summed E-state index contributed by atoms with van der Waals surface area (Å²) in [5, 5.41) is 3.67. The molecule has 0 fully saturated rings. The number of rotatable bonds is 7. The van der Waals surface area contributed by atoms with Crippen molar-refractivity contribution in [2.75, 3.05) is 5.32 Å². The topological polar surface area (TPSA) is 42.0 Å². The van der Waals surface area contributed by atoms with E-state index in [9.17, 15) is 4.79 Å². The molecular weight excluding hydrogens is 468 g/mol. The van der Waals surface area contributed by atoms with Crippen LogP contribution in [0.25, 0.3) is 11.3 Å². The number of aromatic nitrogens is 1. The molecule has 31 heavy (non-hydrogen) atoms. The maximum absolute atomic E-state index is 13.1. The van der Waals surface area contributed by atoms with Crippen molar-refractivity contribution in [2.24, 2.45) is 0 Å². The van der Waals surface area contributed by atoms with Crippen molar-refractivity contribution in [3.63, 3.8) is 0 Å². The molecule has 1 amide bonds. The summed E-state index contributed by atoms with van der Waals surface area (Å²) in [7, 11) is 0. The van der Waals surface area contributed by atoms with Crippen molar-refractivity contribution in [2.45, 2.75) is 26.2 Å². The summed E-state index contributed by atoms with van der Waals surface area (Å²) in [6.07, 6.45) is 2.58. The summed E-state index contributed by atoms with van der Waals surface area (Å²) < 4.78 is 1.03. The second kappa shape index (κ2) is 10.0. The van der Waals surface area contributed by atoms with Crippen LogP contribution in [-0.4, -0.2) is 10.9 Å². The Hall–Kier alpha value is -2.76. The van der Waals surface area contributed by atoms with Crippen LogP contribution in [0.2, 0.25) is 0 Å². The van der Waals surface area contributed by atoms with Gasteiger partial charge >= 0.3 is 0 Å². The van der Waals surface area contributed by atoms with E-state index in [1.165, 1.54) is 5.56 Å². The molecule has 0 saturated heterocycles. The van der Waals surface area contributed by atoms with Gasteiger partial charge in [0.1, 0.15) is 0 Å². The summed E-state index contributed by atoms with van der Waals surface area (Å²) in [5.74, 6) is -0.109. The van der Waals surface area contributed by atoms with Crippen LogP contribution in [0.3, 0.4) is 0 Å². The Morgan fingerprint density at radius 2 is 1.65 bits per heavy atom. The minimum absolute atomic E-state index is 0.109. The minimum atomic E-state index is -0.109. The third kappa shape index (κ3) is 5.30. The van der Waals surface area contributed by atoms with Gasteiger partial charge in [-0.1, -0.05) is 83.5 Å². The largest absolute Gasteiger partial charge is 0.298 e. The first-order chi connectivity index (χ1) is 15.1. The maximum atomic E-state index is 13.1. The van der Waals surface area contributed by atoms with Crippen LogP contribution in [0.15, 0.2) is 83.3 Å². The number of nitrogens with one attached hydrogen (secondary N) is 1. The molecule has 0 spiro atoms. The van der Waals surface area contributed by atoms with Crippen molar-refractivity contribution in [1.82, 2.24) is 4.98 Å². The number of hydrogen-bond donors (Lipinski definition) is 1. The van der Waals surface area contributed by atoms with Crippen LogP contribution in [-0.2, 0) is 19.3 Å². The van der Waals surface area contributed by atoms with Gasteiger partial charge in [-0.05, 0) is 48.6 Å². The van der Waals surface area contributed by atoms with E-state index >= 15 is 0 Å². The number of halogens is 1. The predicted molar refractivity (Wildman–Crippen MR) is 133 cm³/mol. The molecule has 0 unspecified atom stereocenters. The Morgan fingerprint density at radius 3 is 2.39 bits per heavy atom. The Labute approximate surface area is 195 Å². The summed E-state index contributed by atoms with van der Waals surface area (Å²) in [6, 6.07) is 26.3. The molecule has 1 aromatic heterocycles. The Morgan fingerprint density at radius 1 is 0.935 bits per heavy atom. The molecule has 0 aliphatic heterocycles. The minimum Gasteiger partial charge on any atom is -0.298 e. The smallest absolute Gasteiger partial charge is 0.257 e. The summed E-state index contributed by atoms with van der Waals surface area (Å²) in [6.45, 7) is 2.11. The molecule has 0 aliphatic rings. The van der Waals surface area contributed by atoms with E-state index in [1.807, 2.05) is 66.7 Å². The maximum Gasteiger partial charge on any atom is 0.257 e. The molecule has 156 valence electrons. The Balaban J connectivity index is 1.53. The van der Waals surface area contributed by atoms with Crippen LogP contribution in [0, 0.1) is 0 Å². The summed E-state index contributed by atoms with van der Waals surface area (Å²) in [4.78, 5) is 19.0. The molecule has 0 bridgehead atoms. The quantitative estimate of drug-likeness (QED) is 0.298. The van der Waals surface area contributed by atoms with E-state index in [1.54, 1.807) is 11.3 Å². The first kappa shape index (κ1) is 21.5. The molecule has 0 aliphatic carbocycles. The molecule has 0 radical (unpaired) electrons. The van der Waals surface area contributed by atoms with Gasteiger partial charge in [-0.3, -0.25) is 10.1 Å². The Bertz CT molecular complexity index is 1170. The van der Waals surface area contributed by atoms with E-state index in [0.29, 0.717) is 10.7 Å². The van der Waals surface area contributed by atoms with Crippen LogP contribution in [0.1, 0.15) is 33.3 Å². The zero-order valence-corrected chi connectivity index (χ0v) is 19.7. The average Bonchev–Trinajstić information content (AvgIpc) is 3.21. The fourth-order valence-electron chi connectivity index (χ4n) is 3.53. The number of aryl methyl sites for hydroxylation is 3. The molecule has 5 heteroatoms. The highest BCUT2D eigenvalue weighted by atomic mass is 79.9. The van der Waals surface area contributed by atoms with E-state index in [4.69, 9.17) is 4.98 Å². The lowest BCUT2D eigenvalue weighted by Gasteiger charge is -2.09. The molecule has 1 heterocycles. The molecule has 3 aromatic carbocycles. The first-order valence-corrected chi connectivity index (χ1v) is 11.9. The number of carbonyl (C=O) groups excluding carboxylic acids is 1. The van der Waals surface area contributed by atoms with Gasteiger partial charge in [-0.25, -0.2) is 4.98 Å². The van der Waals surface area contributed by atoms with Crippen molar-refractivity contribution < 1.29 is 4.79 Å². The molecule has 0 atom stereocenters. The number of thiazole rings is 1. The fraction of sp³-hybridized carbons (Fsp3) is 0.154. The molecule has 3 nitrogen and oxygen atoms in total. The number of hydrogen-bond acceptors (Lipinski definition) is 3. The lowest BCUT2D eigenvalue weighted by atomic mass is 9.99. The number of anilines is 1. The molecule has 4 aromatic rings. The van der Waals surface area contributed by atoms with Gasteiger partial charge in [0, 0.05) is 20.5 Å². The van der Waals surface area contributed by atoms with Gasteiger partial charge in [-0.2, -0.15) is 0 Å². The Kier molecular flexibility index (Phi) is 6.95. The van der Waals surface area contributed by atoms with E-state index in [-0.39, 0.29) is 5.91 Å². The number of amides is 1. The van der Waals surface area contributed by atoms with Gasteiger partial charge in [-0.15, -0.1) is 11.3 Å². The fourth-order valence-corrected chi connectivity index (χ4v) is 4.71. The van der Waals surface area contributed by atoms with Crippen LogP contribution >= 0.6 is 27.3 Å². The summed E-state index contributed by atoms with van der Waals surface area (Å²) in [5.41, 5.74) is 5.01. The number of benzene rings is 3. The lowest BCUT2D eigenvalue weighted by molar-refractivity contribution is 0.102. The highest BCUT2D eigenvalue weighted by Gasteiger charge is 2.16. The standard InChI is InChI=1S/C26H23BrN2OS/c1-2-23-24(20-14-16-21(27)17-15-20)28-26(31-23)29-25(30)22-11-7-6-10-19(22)13-12-18-8-4-3-5-9-18/h3-11,14-17H,2,12-13H2,1H3,(H,28,29,30). The normalized spacial score (nSPS) is 10.8. The van der Waals surface area contributed by atoms with E-state index in [2.05, 4.69) is 40.3 Å². The zero-order chi connectivity index (χ0) is 21.6. The second-order valence-corrected chi connectivity index (χ2v) is 9.25. The predicted octanol–water partition coefficient (Wildman–Crippen LogP) is 7.17. The van der Waals surface area contributed by atoms with Gasteiger partial charge in [0.15, 0.2) is 5.13 Å². The zero-order valence-electron chi connectivity index (χ0n) is 17.3. The average molecular weight is 491 g/mol. The molecular formula is C26H23BrN2OS. The van der Waals surface area contributed by atoms with Crippen LogP contribution < -0.4 is 5.32 Å². The SMILES string of the molecule is CCc1sc(NC(=O)c2ccccc2CCc2ccccc2)nc1-c1ccc(Br)cc1. The van der Waals surface area contributed by atoms with Crippen LogP contribution in [0.4, 0.5) is 5.13 Å². The van der Waals surface area contributed by atoms with Gasteiger partial charge in [0.25, 0.3) is 5.91 Å². The second-order valence-electron chi connectivity index (χ2n) is 7.25. The third-order valence-corrected chi connectivity index (χ3v) is 6.79. The van der Waals surface area contributed by atoms with Crippen LogP contribution in [0.5, 0.6) is 0 Å². The lowest BCUT2D eigenvalue weighted by Crippen LogP contribution is -2.14. The summed E-state index contributed by atoms with van der Waals surface area (Å²) >= 11 is 5.02. The first-order valence-electron chi connectivity index (χ1n) is 10.3. The van der Waals surface area contributed by atoms with Gasteiger partial charge < -0.3 is 0 Å². The third-order valence-electron chi connectivity index (χ3n) is 5.14. The van der Waals surface area contributed by atoms with Gasteiger partial charge in [0.2, 0.25) is 0 Å². The van der Waals surface area contributed by atoms with Crippen molar-refractivity contribution in [3.05, 3.63) is 105 Å². The highest BCUT2D eigenvalue weighted by molar-refractivity contribution is 9.10. The van der Waals surface area contributed by atoms with E-state index in [0.717, 1.165) is 45.4 Å². The van der Waals surface area contributed by atoms with Gasteiger partial charge in [0.05, 0.1) is 5.69 Å². The van der Waals surface area contributed by atoms with Crippen molar-refractivity contribution in [3.8, 4) is 11.3 Å².